The van der Waals surface area contributed by atoms with Crippen LogP contribution in [-0.2, 0) is 12.2 Å². The molecule has 3 aromatic rings. The van der Waals surface area contributed by atoms with E-state index in [4.69, 9.17) is 4.74 Å². The number of rotatable bonds is 6. The fraction of sp³-hybridized carbons (Fsp3) is 0.308. The summed E-state index contributed by atoms with van der Waals surface area (Å²) in [6.07, 6.45) is 1.49. The Kier molecular flexibility index (Phi) is 5.98. The lowest BCUT2D eigenvalue weighted by Crippen LogP contribution is -2.43. The molecule has 0 aromatic heterocycles. The number of aliphatic hydroxyl groups is 1. The Morgan fingerprint density at radius 1 is 0.862 bits per heavy atom. The van der Waals surface area contributed by atoms with Gasteiger partial charge in [-0.3, -0.25) is 4.90 Å². The van der Waals surface area contributed by atoms with Crippen LogP contribution in [0.5, 0.6) is 5.75 Å². The zero-order valence-corrected chi connectivity index (χ0v) is 17.0. The molecule has 1 aliphatic heterocycles. The van der Waals surface area contributed by atoms with Crippen molar-refractivity contribution in [1.82, 2.24) is 4.90 Å². The van der Waals surface area contributed by atoms with Gasteiger partial charge < -0.3 is 9.84 Å². The van der Waals surface area contributed by atoms with Gasteiger partial charge >= 0.3 is 0 Å². The number of hydrogen-bond donors (Lipinski definition) is 1. The van der Waals surface area contributed by atoms with E-state index in [0.29, 0.717) is 12.6 Å². The minimum atomic E-state index is -0.759. The van der Waals surface area contributed by atoms with Gasteiger partial charge in [-0.15, -0.1) is 0 Å². The Labute approximate surface area is 173 Å². The van der Waals surface area contributed by atoms with Crippen molar-refractivity contribution in [3.8, 4) is 5.75 Å². The van der Waals surface area contributed by atoms with E-state index in [-0.39, 0.29) is 0 Å². The third-order valence-electron chi connectivity index (χ3n) is 6.09. The number of hydrogen-bond acceptors (Lipinski definition) is 3. The molecule has 1 atom stereocenters. The van der Waals surface area contributed by atoms with Crippen molar-refractivity contribution in [3.63, 3.8) is 0 Å². The highest BCUT2D eigenvalue weighted by Gasteiger charge is 2.35. The minimum absolute atomic E-state index is 0.370. The lowest BCUT2D eigenvalue weighted by Gasteiger charge is -2.41. The number of nitrogens with zero attached hydrogens (tertiary/aromatic N) is 1. The maximum Gasteiger partial charge on any atom is 0.119 e. The maximum absolute atomic E-state index is 11.2. The van der Waals surface area contributed by atoms with Crippen LogP contribution >= 0.6 is 0 Å². The van der Waals surface area contributed by atoms with E-state index in [1.54, 1.807) is 0 Å². The van der Waals surface area contributed by atoms with Crippen LogP contribution in [0.3, 0.4) is 0 Å². The van der Waals surface area contributed by atoms with Gasteiger partial charge in [0.15, 0.2) is 0 Å². The van der Waals surface area contributed by atoms with Crippen LogP contribution in [0.4, 0.5) is 0 Å². The monoisotopic (exact) mass is 387 g/mol. The molecule has 1 N–H and O–H groups in total. The normalized spacial score (nSPS) is 17.6. The summed E-state index contributed by atoms with van der Waals surface area (Å²) in [5.41, 5.74) is 2.70. The fourth-order valence-corrected chi connectivity index (χ4v) is 4.11. The third kappa shape index (κ3) is 4.69. The summed E-state index contributed by atoms with van der Waals surface area (Å²) < 4.78 is 5.87. The molecule has 1 heterocycles. The quantitative estimate of drug-likeness (QED) is 0.622. The highest BCUT2D eigenvalue weighted by molar-refractivity contribution is 5.32. The molecule has 1 aliphatic rings. The van der Waals surface area contributed by atoms with E-state index in [0.717, 1.165) is 42.8 Å². The van der Waals surface area contributed by atoms with Crippen LogP contribution in [0, 0.1) is 0 Å². The molecule has 0 saturated carbocycles. The molecule has 0 bridgehead atoms. The maximum atomic E-state index is 11.2. The van der Waals surface area contributed by atoms with Crippen LogP contribution in [0.15, 0.2) is 84.9 Å². The summed E-state index contributed by atoms with van der Waals surface area (Å²) in [4.78, 5) is 2.46. The van der Waals surface area contributed by atoms with E-state index in [1.165, 1.54) is 5.56 Å². The number of benzene rings is 3. The van der Waals surface area contributed by atoms with Crippen molar-refractivity contribution < 1.29 is 9.84 Å². The minimum Gasteiger partial charge on any atom is -0.489 e. The lowest BCUT2D eigenvalue weighted by atomic mass is 9.83. The zero-order chi connectivity index (χ0) is 20.1. The fourth-order valence-electron chi connectivity index (χ4n) is 4.11. The van der Waals surface area contributed by atoms with Gasteiger partial charge in [0.1, 0.15) is 12.4 Å². The van der Waals surface area contributed by atoms with Crippen molar-refractivity contribution in [2.75, 3.05) is 13.1 Å². The number of piperidine rings is 1. The Morgan fingerprint density at radius 3 is 2.07 bits per heavy atom. The topological polar surface area (TPSA) is 32.7 Å². The van der Waals surface area contributed by atoms with Crippen molar-refractivity contribution in [3.05, 3.63) is 102 Å². The van der Waals surface area contributed by atoms with Gasteiger partial charge in [0.25, 0.3) is 0 Å². The molecule has 3 nitrogen and oxygen atoms in total. The molecule has 3 aromatic carbocycles. The van der Waals surface area contributed by atoms with Gasteiger partial charge in [-0.25, -0.2) is 0 Å². The average Bonchev–Trinajstić information content (AvgIpc) is 2.79. The predicted molar refractivity (Wildman–Crippen MR) is 117 cm³/mol. The molecule has 0 unspecified atom stereocenters. The van der Waals surface area contributed by atoms with E-state index in [2.05, 4.69) is 54.3 Å². The van der Waals surface area contributed by atoms with Crippen LogP contribution in [0.25, 0.3) is 0 Å². The summed E-state index contributed by atoms with van der Waals surface area (Å²) in [6.45, 7) is 4.58. The highest BCUT2D eigenvalue weighted by Crippen LogP contribution is 2.36. The molecule has 0 aliphatic carbocycles. The molecule has 4 rings (SSSR count). The van der Waals surface area contributed by atoms with Crippen LogP contribution in [0.1, 0.15) is 42.5 Å². The second kappa shape index (κ2) is 8.81. The van der Waals surface area contributed by atoms with Crippen molar-refractivity contribution >= 4 is 0 Å². The van der Waals surface area contributed by atoms with Gasteiger partial charge in [-0.2, -0.15) is 0 Å². The first kappa shape index (κ1) is 19.7. The zero-order valence-electron chi connectivity index (χ0n) is 17.0. The molecule has 29 heavy (non-hydrogen) atoms. The number of likely N-dealkylation sites (tertiary alicyclic amines) is 1. The largest absolute Gasteiger partial charge is 0.489 e. The Morgan fingerprint density at radius 2 is 1.45 bits per heavy atom. The van der Waals surface area contributed by atoms with Crippen LogP contribution in [-0.4, -0.2) is 23.1 Å². The molecule has 1 fully saturated rings. The summed E-state index contributed by atoms with van der Waals surface area (Å²) in [5, 5.41) is 11.2. The first-order valence-corrected chi connectivity index (χ1v) is 10.4. The SMILES string of the molecule is C[C@H](c1ccccc1)N1CCC(O)(c2ccc(OCc3ccccc3)cc2)CC1. The average molecular weight is 388 g/mol. The number of ether oxygens (including phenoxy) is 1. The summed E-state index contributed by atoms with van der Waals surface area (Å²) in [5.74, 6) is 0.830. The first-order chi connectivity index (χ1) is 14.1. The predicted octanol–water partition coefficient (Wildman–Crippen LogP) is 5.31. The second-order valence-electron chi connectivity index (χ2n) is 7.95. The van der Waals surface area contributed by atoms with Gasteiger partial charge in [-0.05, 0) is 48.6 Å². The van der Waals surface area contributed by atoms with Gasteiger partial charge in [0, 0.05) is 19.1 Å². The smallest absolute Gasteiger partial charge is 0.119 e. The van der Waals surface area contributed by atoms with Gasteiger partial charge in [-0.1, -0.05) is 72.8 Å². The Bertz CT molecular complexity index is 885. The summed E-state index contributed by atoms with van der Waals surface area (Å²) in [6, 6.07) is 29.1. The Balaban J connectivity index is 1.35. The third-order valence-corrected chi connectivity index (χ3v) is 6.09. The molecule has 1 saturated heterocycles. The molecule has 0 amide bonds. The summed E-state index contributed by atoms with van der Waals surface area (Å²) >= 11 is 0. The van der Waals surface area contributed by atoms with E-state index in [1.807, 2.05) is 42.5 Å². The van der Waals surface area contributed by atoms with Crippen molar-refractivity contribution in [2.45, 2.75) is 38.0 Å². The van der Waals surface area contributed by atoms with Crippen molar-refractivity contribution in [1.29, 1.82) is 0 Å². The standard InChI is InChI=1S/C26H29NO2/c1-21(23-10-6-3-7-11-23)27-18-16-26(28,17-19-27)24-12-14-25(15-13-24)29-20-22-8-4-2-5-9-22/h2-15,21,28H,16-20H2,1H3/t21-/m1/s1. The lowest BCUT2D eigenvalue weighted by molar-refractivity contribution is -0.0344. The molecule has 150 valence electrons. The Hall–Kier alpha value is -2.62. The molecular formula is C26H29NO2. The molecule has 0 radical (unpaired) electrons. The van der Waals surface area contributed by atoms with Gasteiger partial charge in [0.2, 0.25) is 0 Å². The molecular weight excluding hydrogens is 358 g/mol. The van der Waals surface area contributed by atoms with Gasteiger partial charge in [0.05, 0.1) is 5.60 Å². The molecule has 0 spiro atoms. The highest BCUT2D eigenvalue weighted by atomic mass is 16.5. The van der Waals surface area contributed by atoms with E-state index < -0.39 is 5.60 Å². The first-order valence-electron chi connectivity index (χ1n) is 10.4. The van der Waals surface area contributed by atoms with E-state index >= 15 is 0 Å². The van der Waals surface area contributed by atoms with Crippen LogP contribution in [0.2, 0.25) is 0 Å². The molecule has 3 heteroatoms. The second-order valence-corrected chi connectivity index (χ2v) is 7.95. The van der Waals surface area contributed by atoms with Crippen LogP contribution < -0.4 is 4.74 Å². The van der Waals surface area contributed by atoms with E-state index in [9.17, 15) is 5.11 Å². The summed E-state index contributed by atoms with van der Waals surface area (Å²) in [7, 11) is 0. The van der Waals surface area contributed by atoms with Crippen molar-refractivity contribution in [2.24, 2.45) is 0 Å².